The van der Waals surface area contributed by atoms with Crippen molar-refractivity contribution in [2.45, 2.75) is 66.7 Å². The van der Waals surface area contributed by atoms with E-state index in [1.807, 2.05) is 0 Å². The summed E-state index contributed by atoms with van der Waals surface area (Å²) in [6, 6.07) is 11.8. The molecule has 0 aromatic heterocycles. The third-order valence-electron chi connectivity index (χ3n) is 6.71. The van der Waals surface area contributed by atoms with Gasteiger partial charge in [-0.3, -0.25) is 0 Å². The summed E-state index contributed by atoms with van der Waals surface area (Å²) in [5, 5.41) is 0. The highest BCUT2D eigenvalue weighted by molar-refractivity contribution is 14.1. The Hall–Kier alpha value is -1.55. The molecule has 0 heterocycles. The van der Waals surface area contributed by atoms with E-state index in [0.29, 0.717) is 0 Å². The molecule has 0 aliphatic carbocycles. The predicted octanol–water partition coefficient (Wildman–Crippen LogP) is 5.91. The highest BCUT2D eigenvalue weighted by Crippen LogP contribution is 2.20. The maximum Gasteiger partial charge on any atom is 0.243 e. The quantitative estimate of drug-likeness (QED) is 0.234. The van der Waals surface area contributed by atoms with Gasteiger partial charge in [0.1, 0.15) is 0 Å². The van der Waals surface area contributed by atoms with E-state index in [4.69, 9.17) is 0 Å². The van der Waals surface area contributed by atoms with Gasteiger partial charge in [-0.1, -0.05) is 108 Å². The summed E-state index contributed by atoms with van der Waals surface area (Å²) in [6.45, 7) is 20.7. The first kappa shape index (κ1) is 23.1. The van der Waals surface area contributed by atoms with Crippen molar-refractivity contribution in [1.82, 2.24) is 0 Å². The number of rotatable bonds is 4. The predicted molar refractivity (Wildman–Crippen MR) is 144 cm³/mol. The average molecular weight is 508 g/mol. The van der Waals surface area contributed by atoms with Crippen molar-refractivity contribution in [3.8, 4) is 0 Å². The van der Waals surface area contributed by atoms with Crippen LogP contribution in [0.4, 0.5) is 0 Å². The molecule has 0 saturated carbocycles. The van der Waals surface area contributed by atoms with Crippen LogP contribution in [0.5, 0.6) is 0 Å². The van der Waals surface area contributed by atoms with Gasteiger partial charge in [0.25, 0.3) is 0 Å². The van der Waals surface area contributed by atoms with E-state index < -0.39 is 0 Å². The number of hydrogen-bond acceptors (Lipinski definition) is 0. The molecule has 0 aliphatic rings. The Morgan fingerprint density at radius 1 is 0.533 bits per heavy atom. The van der Waals surface area contributed by atoms with Crippen LogP contribution < -0.4 is 16.4 Å². The second-order valence-electron chi connectivity index (χ2n) is 9.22. The van der Waals surface area contributed by atoms with Gasteiger partial charge < -0.3 is 0 Å². The molecule has 0 aliphatic heterocycles. The molecule has 3 aromatic carbocycles. The molecule has 30 heavy (non-hydrogen) atoms. The first-order chi connectivity index (χ1) is 14.1. The molecular weight excluding hydrogens is 474 g/mol. The molecular formula is C28H34BI. The lowest BCUT2D eigenvalue weighted by Gasteiger charge is -2.29. The van der Waals surface area contributed by atoms with Crippen LogP contribution in [0.25, 0.3) is 0 Å². The van der Waals surface area contributed by atoms with E-state index in [2.05, 4.69) is 115 Å². The van der Waals surface area contributed by atoms with E-state index in [1.54, 1.807) is 0 Å². The van der Waals surface area contributed by atoms with Gasteiger partial charge in [-0.15, -0.1) is 0 Å². The molecule has 2 heteroatoms. The van der Waals surface area contributed by atoms with Crippen LogP contribution in [-0.4, -0.2) is 6.71 Å². The van der Waals surface area contributed by atoms with Crippen LogP contribution in [0.2, 0.25) is 0 Å². The van der Waals surface area contributed by atoms with Crippen molar-refractivity contribution in [1.29, 1.82) is 0 Å². The van der Waals surface area contributed by atoms with Crippen LogP contribution in [0.1, 0.15) is 55.6 Å². The normalized spacial score (nSPS) is 11.1. The molecule has 0 nitrogen and oxygen atoms in total. The lowest BCUT2D eigenvalue weighted by Crippen LogP contribution is -2.58. The third kappa shape index (κ3) is 4.13. The number of benzene rings is 3. The highest BCUT2D eigenvalue weighted by Gasteiger charge is 2.32. The fourth-order valence-electron chi connectivity index (χ4n) is 5.47. The Balaban J connectivity index is 2.53. The van der Waals surface area contributed by atoms with Crippen LogP contribution in [0.3, 0.4) is 0 Å². The molecule has 0 radical (unpaired) electrons. The van der Waals surface area contributed by atoms with Gasteiger partial charge in [0.2, 0.25) is 6.71 Å². The van der Waals surface area contributed by atoms with Gasteiger partial charge in [-0.25, -0.2) is 0 Å². The molecule has 0 bridgehead atoms. The van der Waals surface area contributed by atoms with Crippen molar-refractivity contribution in [3.63, 3.8) is 0 Å². The standard InChI is InChI=1S/C28H34BI/c1-16-10-20(5)26(21(6)11-16)29(27-22(7)12-17(2)13-23(27)8)28-24(9)18(3)14-19(4)25(28)15-30/h10-14H,15H2,1-9H3. The molecule has 0 fully saturated rings. The van der Waals surface area contributed by atoms with Gasteiger partial charge in [0.15, 0.2) is 0 Å². The van der Waals surface area contributed by atoms with E-state index in [9.17, 15) is 0 Å². The second-order valence-corrected chi connectivity index (χ2v) is 9.98. The number of aryl methyl sites for hydroxylation is 8. The van der Waals surface area contributed by atoms with Crippen LogP contribution in [0, 0.1) is 62.3 Å². The van der Waals surface area contributed by atoms with Crippen molar-refractivity contribution in [2.24, 2.45) is 0 Å². The smallest absolute Gasteiger partial charge is 0.0812 e. The van der Waals surface area contributed by atoms with Gasteiger partial charge >= 0.3 is 0 Å². The van der Waals surface area contributed by atoms with Gasteiger partial charge in [0, 0.05) is 4.43 Å². The first-order valence-corrected chi connectivity index (χ1v) is 12.4. The average Bonchev–Trinajstić information content (AvgIpc) is 2.61. The summed E-state index contributed by atoms with van der Waals surface area (Å²) in [5.74, 6) is 0. The SMILES string of the molecule is Cc1cc(C)c(B(c2c(C)cc(C)cc2C)c2c(C)c(C)cc(C)c2CI)c(C)c1. The van der Waals surface area contributed by atoms with Gasteiger partial charge in [0.05, 0.1) is 0 Å². The number of alkyl halides is 1. The summed E-state index contributed by atoms with van der Waals surface area (Å²) in [7, 11) is 0. The molecule has 0 atom stereocenters. The second kappa shape index (κ2) is 8.90. The highest BCUT2D eigenvalue weighted by atomic mass is 127. The van der Waals surface area contributed by atoms with Gasteiger partial charge in [-0.2, -0.15) is 0 Å². The molecule has 0 unspecified atom stereocenters. The Morgan fingerprint density at radius 2 is 0.933 bits per heavy atom. The zero-order valence-corrected chi connectivity index (χ0v) is 22.2. The summed E-state index contributed by atoms with van der Waals surface area (Å²) >= 11 is 2.55. The van der Waals surface area contributed by atoms with E-state index in [-0.39, 0.29) is 6.71 Å². The lowest BCUT2D eigenvalue weighted by atomic mass is 9.32. The zero-order valence-electron chi connectivity index (χ0n) is 20.0. The minimum absolute atomic E-state index is 0.259. The lowest BCUT2D eigenvalue weighted by molar-refractivity contribution is 1.26. The van der Waals surface area contributed by atoms with Crippen molar-refractivity contribution in [2.75, 3.05) is 0 Å². The molecule has 0 spiro atoms. The van der Waals surface area contributed by atoms with Crippen molar-refractivity contribution >= 4 is 45.7 Å². The molecule has 3 rings (SSSR count). The summed E-state index contributed by atoms with van der Waals surface area (Å²) in [5.41, 5.74) is 18.5. The Bertz CT molecular complexity index is 1020. The zero-order chi connectivity index (χ0) is 22.3. The Labute approximate surface area is 197 Å². The topological polar surface area (TPSA) is 0 Å². The number of hydrogen-bond donors (Lipinski definition) is 0. The monoisotopic (exact) mass is 508 g/mol. The van der Waals surface area contributed by atoms with Crippen molar-refractivity contribution in [3.05, 3.63) is 86.0 Å². The number of halogens is 1. The summed E-state index contributed by atoms with van der Waals surface area (Å²) in [6.07, 6.45) is 0. The third-order valence-corrected chi connectivity index (χ3v) is 7.47. The maximum atomic E-state index is 2.55. The molecule has 0 saturated heterocycles. The fourth-order valence-corrected chi connectivity index (χ4v) is 6.48. The maximum absolute atomic E-state index is 2.55. The van der Waals surface area contributed by atoms with Crippen molar-refractivity contribution < 1.29 is 0 Å². The fraction of sp³-hybridized carbons (Fsp3) is 0.357. The van der Waals surface area contributed by atoms with E-state index >= 15 is 0 Å². The summed E-state index contributed by atoms with van der Waals surface area (Å²) < 4.78 is 1.03. The van der Waals surface area contributed by atoms with Gasteiger partial charge in [-0.05, 0) is 79.0 Å². The minimum atomic E-state index is 0.259. The molecule has 0 amide bonds. The van der Waals surface area contributed by atoms with Crippen LogP contribution in [-0.2, 0) is 4.43 Å². The first-order valence-electron chi connectivity index (χ1n) is 10.9. The Kier molecular flexibility index (Phi) is 6.86. The summed E-state index contributed by atoms with van der Waals surface area (Å²) in [4.78, 5) is 0. The molecule has 0 N–H and O–H groups in total. The largest absolute Gasteiger partial charge is 0.243 e. The van der Waals surface area contributed by atoms with Crippen LogP contribution >= 0.6 is 22.6 Å². The molecule has 3 aromatic rings. The van der Waals surface area contributed by atoms with E-state index in [1.165, 1.54) is 72.0 Å². The Morgan fingerprint density at radius 3 is 1.30 bits per heavy atom. The minimum Gasteiger partial charge on any atom is -0.0812 e. The van der Waals surface area contributed by atoms with Crippen LogP contribution in [0.15, 0.2) is 30.3 Å². The molecule has 156 valence electrons. The van der Waals surface area contributed by atoms with E-state index in [0.717, 1.165) is 4.43 Å².